The molecule has 150 valence electrons. The molecular formula is C20H21N5O3S. The second-order valence-electron chi connectivity index (χ2n) is 6.65. The van der Waals surface area contributed by atoms with E-state index in [1.165, 1.54) is 0 Å². The molecule has 2 aromatic heterocycles. The van der Waals surface area contributed by atoms with Gasteiger partial charge in [-0.05, 0) is 18.2 Å². The fraction of sp³-hybridized carbons (Fsp3) is 0.350. The van der Waals surface area contributed by atoms with Crippen molar-refractivity contribution >= 4 is 39.4 Å². The number of esters is 1. The van der Waals surface area contributed by atoms with E-state index in [0.717, 1.165) is 15.2 Å². The Balaban J connectivity index is 1.19. The van der Waals surface area contributed by atoms with Gasteiger partial charge in [0.2, 0.25) is 5.95 Å². The molecule has 0 saturated carbocycles. The molecule has 1 aliphatic heterocycles. The van der Waals surface area contributed by atoms with E-state index in [0.29, 0.717) is 38.5 Å². The molecule has 3 aromatic rings. The van der Waals surface area contributed by atoms with Crippen molar-refractivity contribution in [2.24, 2.45) is 0 Å². The van der Waals surface area contributed by atoms with E-state index >= 15 is 0 Å². The minimum atomic E-state index is -0.381. The molecule has 1 aliphatic rings. The number of para-hydroxylation sites is 1. The van der Waals surface area contributed by atoms with Gasteiger partial charge in [-0.3, -0.25) is 9.59 Å². The lowest BCUT2D eigenvalue weighted by atomic mass is 10.3. The van der Waals surface area contributed by atoms with E-state index in [1.54, 1.807) is 34.7 Å². The van der Waals surface area contributed by atoms with Crippen molar-refractivity contribution in [3.8, 4) is 0 Å². The van der Waals surface area contributed by atoms with Crippen molar-refractivity contribution in [1.29, 1.82) is 0 Å². The number of hydrogen-bond acceptors (Lipinski definition) is 8. The third kappa shape index (κ3) is 4.86. The Morgan fingerprint density at radius 3 is 2.55 bits per heavy atom. The van der Waals surface area contributed by atoms with Crippen LogP contribution in [0.1, 0.15) is 11.4 Å². The van der Waals surface area contributed by atoms with Gasteiger partial charge < -0.3 is 14.5 Å². The van der Waals surface area contributed by atoms with Crippen molar-refractivity contribution in [2.75, 3.05) is 37.7 Å². The van der Waals surface area contributed by atoms with Crippen molar-refractivity contribution in [3.63, 3.8) is 0 Å². The molecule has 0 N–H and O–H groups in total. The molecule has 8 nitrogen and oxygen atoms in total. The number of thiazole rings is 1. The SMILES string of the molecule is O=C(CCc1nc2ccccc2s1)OCC(=O)N1CCN(c2ncccn2)CC1. The van der Waals surface area contributed by atoms with Gasteiger partial charge in [-0.1, -0.05) is 12.1 Å². The molecule has 0 spiro atoms. The van der Waals surface area contributed by atoms with Crippen molar-refractivity contribution in [1.82, 2.24) is 19.9 Å². The molecule has 0 aliphatic carbocycles. The molecule has 4 rings (SSSR count). The minimum absolute atomic E-state index is 0.174. The molecule has 1 saturated heterocycles. The van der Waals surface area contributed by atoms with Crippen molar-refractivity contribution in [3.05, 3.63) is 47.7 Å². The molecular weight excluding hydrogens is 390 g/mol. The maximum absolute atomic E-state index is 12.3. The number of piperazine rings is 1. The fourth-order valence-electron chi connectivity index (χ4n) is 3.15. The van der Waals surface area contributed by atoms with Crippen LogP contribution in [0.5, 0.6) is 0 Å². The van der Waals surface area contributed by atoms with Crippen LogP contribution in [-0.2, 0) is 20.7 Å². The number of aromatic nitrogens is 3. The summed E-state index contributed by atoms with van der Waals surface area (Å²) in [6.45, 7) is 2.20. The molecule has 1 fully saturated rings. The number of hydrogen-bond donors (Lipinski definition) is 0. The van der Waals surface area contributed by atoms with Gasteiger partial charge in [0.05, 0.1) is 21.6 Å². The highest BCUT2D eigenvalue weighted by molar-refractivity contribution is 7.18. The number of fused-ring (bicyclic) bond motifs is 1. The first kappa shape index (κ1) is 19.3. The summed E-state index contributed by atoms with van der Waals surface area (Å²) in [4.78, 5) is 41.0. The second-order valence-corrected chi connectivity index (χ2v) is 7.77. The van der Waals surface area contributed by atoms with Gasteiger partial charge in [-0.25, -0.2) is 15.0 Å². The van der Waals surface area contributed by atoms with Gasteiger partial charge in [0.25, 0.3) is 5.91 Å². The summed E-state index contributed by atoms with van der Waals surface area (Å²) in [5.41, 5.74) is 0.941. The zero-order valence-electron chi connectivity index (χ0n) is 15.9. The van der Waals surface area contributed by atoms with Crippen LogP contribution in [0.2, 0.25) is 0 Å². The maximum atomic E-state index is 12.3. The Bertz CT molecular complexity index is 953. The lowest BCUT2D eigenvalue weighted by Crippen LogP contribution is -2.50. The van der Waals surface area contributed by atoms with E-state index in [-0.39, 0.29) is 24.9 Å². The first-order valence-corrected chi connectivity index (χ1v) is 10.3. The molecule has 3 heterocycles. The minimum Gasteiger partial charge on any atom is -0.456 e. The van der Waals surface area contributed by atoms with Gasteiger partial charge in [0.15, 0.2) is 6.61 Å². The molecule has 0 unspecified atom stereocenters. The molecule has 0 radical (unpaired) electrons. The number of anilines is 1. The Morgan fingerprint density at radius 2 is 1.79 bits per heavy atom. The third-order valence-corrected chi connectivity index (χ3v) is 5.80. The predicted octanol–water partition coefficient (Wildman–Crippen LogP) is 1.91. The number of nitrogens with zero attached hydrogens (tertiary/aromatic N) is 5. The summed E-state index contributed by atoms with van der Waals surface area (Å²) in [6, 6.07) is 9.65. The Hall–Kier alpha value is -3.07. The number of amides is 1. The van der Waals surface area contributed by atoms with Crippen LogP contribution in [0.4, 0.5) is 5.95 Å². The monoisotopic (exact) mass is 411 g/mol. The van der Waals surface area contributed by atoms with Gasteiger partial charge in [0.1, 0.15) is 0 Å². The Morgan fingerprint density at radius 1 is 1.03 bits per heavy atom. The number of rotatable bonds is 6. The summed E-state index contributed by atoms with van der Waals surface area (Å²) in [7, 11) is 0. The summed E-state index contributed by atoms with van der Waals surface area (Å²) < 4.78 is 6.28. The number of ether oxygens (including phenoxy) is 1. The van der Waals surface area contributed by atoms with Crippen molar-refractivity contribution in [2.45, 2.75) is 12.8 Å². The number of carbonyl (C=O) groups excluding carboxylic acids is 2. The zero-order chi connectivity index (χ0) is 20.1. The largest absolute Gasteiger partial charge is 0.456 e. The summed E-state index contributed by atoms with van der Waals surface area (Å²) in [6.07, 6.45) is 4.13. The Kier molecular flexibility index (Phi) is 5.95. The molecule has 1 amide bonds. The topological polar surface area (TPSA) is 88.5 Å². The van der Waals surface area contributed by atoms with E-state index in [1.807, 2.05) is 29.2 Å². The Labute approximate surface area is 172 Å². The molecule has 0 atom stereocenters. The van der Waals surface area contributed by atoms with Crippen LogP contribution in [0.25, 0.3) is 10.2 Å². The van der Waals surface area contributed by atoms with Gasteiger partial charge in [-0.15, -0.1) is 11.3 Å². The fourth-order valence-corrected chi connectivity index (χ4v) is 4.12. The van der Waals surface area contributed by atoms with E-state index in [4.69, 9.17) is 4.74 Å². The number of benzene rings is 1. The summed E-state index contributed by atoms with van der Waals surface area (Å²) in [5.74, 6) is 0.113. The summed E-state index contributed by atoms with van der Waals surface area (Å²) in [5, 5.41) is 0.897. The quantitative estimate of drug-likeness (QED) is 0.573. The lowest BCUT2D eigenvalue weighted by Gasteiger charge is -2.34. The van der Waals surface area contributed by atoms with E-state index in [9.17, 15) is 9.59 Å². The van der Waals surface area contributed by atoms with Crippen LogP contribution in [-0.4, -0.2) is 64.5 Å². The average Bonchev–Trinajstić information content (AvgIpc) is 3.20. The van der Waals surface area contributed by atoms with Gasteiger partial charge >= 0.3 is 5.97 Å². The standard InChI is InChI=1S/C20H21N5O3S/c26-18(24-10-12-25(13-11-24)20-21-8-3-9-22-20)14-28-19(27)7-6-17-23-15-4-1-2-5-16(15)29-17/h1-5,8-9H,6-7,10-14H2. The lowest BCUT2D eigenvalue weighted by molar-refractivity contribution is -0.152. The normalized spacial score (nSPS) is 14.2. The smallest absolute Gasteiger partial charge is 0.306 e. The molecule has 9 heteroatoms. The molecule has 1 aromatic carbocycles. The van der Waals surface area contributed by atoms with Crippen LogP contribution in [0.15, 0.2) is 42.7 Å². The first-order valence-electron chi connectivity index (χ1n) is 9.49. The second kappa shape index (κ2) is 8.95. The van der Waals surface area contributed by atoms with E-state index in [2.05, 4.69) is 15.0 Å². The summed E-state index contributed by atoms with van der Waals surface area (Å²) >= 11 is 1.58. The zero-order valence-corrected chi connectivity index (χ0v) is 16.7. The van der Waals surface area contributed by atoms with Gasteiger partial charge in [-0.2, -0.15) is 0 Å². The van der Waals surface area contributed by atoms with Gasteiger partial charge in [0, 0.05) is 45.0 Å². The molecule has 0 bridgehead atoms. The van der Waals surface area contributed by atoms with Crippen LogP contribution < -0.4 is 4.90 Å². The van der Waals surface area contributed by atoms with Crippen LogP contribution in [0, 0.1) is 0 Å². The van der Waals surface area contributed by atoms with Crippen LogP contribution >= 0.6 is 11.3 Å². The van der Waals surface area contributed by atoms with E-state index < -0.39 is 0 Å². The highest BCUT2D eigenvalue weighted by Crippen LogP contribution is 2.22. The number of carbonyl (C=O) groups is 2. The number of aryl methyl sites for hydroxylation is 1. The average molecular weight is 411 g/mol. The molecule has 29 heavy (non-hydrogen) atoms. The van der Waals surface area contributed by atoms with Crippen LogP contribution in [0.3, 0.4) is 0 Å². The predicted molar refractivity (Wildman–Crippen MR) is 110 cm³/mol. The van der Waals surface area contributed by atoms with Crippen molar-refractivity contribution < 1.29 is 14.3 Å². The third-order valence-electron chi connectivity index (χ3n) is 4.71. The highest BCUT2D eigenvalue weighted by Gasteiger charge is 2.23. The maximum Gasteiger partial charge on any atom is 0.306 e. The highest BCUT2D eigenvalue weighted by atomic mass is 32.1. The first-order chi connectivity index (χ1) is 14.2.